The maximum Gasteiger partial charge on any atom is 0.416 e. The number of fused-ring (bicyclic) bond motifs is 1. The second-order valence-corrected chi connectivity index (χ2v) is 6.09. The van der Waals surface area contributed by atoms with E-state index in [1.54, 1.807) is 19.1 Å². The third-order valence-corrected chi connectivity index (χ3v) is 4.27. The molecular weight excluding hydrogens is 397 g/mol. The number of halogens is 4. The zero-order chi connectivity index (χ0) is 20.5. The summed E-state index contributed by atoms with van der Waals surface area (Å²) in [5, 5.41) is -0.183. The van der Waals surface area contributed by atoms with Crippen LogP contribution in [0.1, 0.15) is 22.8 Å². The Morgan fingerprint density at radius 1 is 1.21 bits per heavy atom. The molecule has 2 heterocycles. The Balaban J connectivity index is 2.33. The average molecular weight is 411 g/mol. The number of pyridine rings is 2. The van der Waals surface area contributed by atoms with Crippen LogP contribution >= 0.6 is 11.6 Å². The molecule has 0 saturated heterocycles. The highest BCUT2D eigenvalue weighted by Crippen LogP contribution is 2.39. The molecule has 0 spiro atoms. The van der Waals surface area contributed by atoms with E-state index in [0.29, 0.717) is 5.52 Å². The molecule has 0 amide bonds. The summed E-state index contributed by atoms with van der Waals surface area (Å²) in [4.78, 5) is 20.9. The molecule has 5 nitrogen and oxygen atoms in total. The summed E-state index contributed by atoms with van der Waals surface area (Å²) in [6.45, 7) is 1.75. The Morgan fingerprint density at radius 3 is 2.57 bits per heavy atom. The van der Waals surface area contributed by atoms with Crippen molar-refractivity contribution >= 4 is 28.6 Å². The van der Waals surface area contributed by atoms with Crippen LogP contribution in [0, 0.1) is 0 Å². The summed E-state index contributed by atoms with van der Waals surface area (Å²) in [6, 6.07) is 6.10. The molecule has 3 aromatic rings. The Bertz CT molecular complexity index is 1050. The van der Waals surface area contributed by atoms with Gasteiger partial charge in [-0.15, -0.1) is 0 Å². The quantitative estimate of drug-likeness (QED) is 0.556. The summed E-state index contributed by atoms with van der Waals surface area (Å²) < 4.78 is 49.1. The van der Waals surface area contributed by atoms with Gasteiger partial charge in [-0.1, -0.05) is 17.7 Å². The van der Waals surface area contributed by atoms with Gasteiger partial charge in [-0.3, -0.25) is 4.98 Å². The number of carbonyl (C=O) groups excluding carboxylic acids is 1. The third kappa shape index (κ3) is 3.73. The standard InChI is InChI=1S/C19H14ClF3N2O3/c1-3-28-18(26)12-9-24-14-6-7-15(27-2)25-17(14)16(12)11-5-4-10(8-13(11)20)19(21,22)23/h4-9H,3H2,1-2H3. The maximum absolute atomic E-state index is 13.0. The van der Waals surface area contributed by atoms with Crippen molar-refractivity contribution in [3.05, 3.63) is 52.7 Å². The average Bonchev–Trinajstić information content (AvgIpc) is 2.66. The number of ether oxygens (including phenoxy) is 2. The Hall–Kier alpha value is -2.87. The van der Waals surface area contributed by atoms with Crippen LogP contribution in [0.3, 0.4) is 0 Å². The molecule has 0 bridgehead atoms. The normalized spacial score (nSPS) is 11.5. The maximum atomic E-state index is 13.0. The van der Waals surface area contributed by atoms with Gasteiger partial charge in [0, 0.05) is 28.4 Å². The molecule has 3 rings (SSSR count). The molecule has 0 saturated carbocycles. The van der Waals surface area contributed by atoms with E-state index in [2.05, 4.69) is 9.97 Å². The van der Waals surface area contributed by atoms with Crippen LogP contribution in [0.2, 0.25) is 5.02 Å². The topological polar surface area (TPSA) is 61.3 Å². The summed E-state index contributed by atoms with van der Waals surface area (Å²) in [5.74, 6) is -0.438. The molecule has 0 aliphatic heterocycles. The SMILES string of the molecule is CCOC(=O)c1cnc2ccc(OC)nc2c1-c1ccc(C(F)(F)F)cc1Cl. The number of hydrogen-bond acceptors (Lipinski definition) is 5. The van der Waals surface area contributed by atoms with Gasteiger partial charge < -0.3 is 9.47 Å². The predicted molar refractivity (Wildman–Crippen MR) is 97.5 cm³/mol. The largest absolute Gasteiger partial charge is 0.481 e. The molecular formula is C19H14ClF3N2O3. The predicted octanol–water partition coefficient (Wildman–Crippen LogP) is 5.15. The number of methoxy groups -OCH3 is 1. The number of aromatic nitrogens is 2. The number of hydrogen-bond donors (Lipinski definition) is 0. The van der Waals surface area contributed by atoms with Crippen LogP contribution < -0.4 is 4.74 Å². The number of nitrogens with zero attached hydrogens (tertiary/aromatic N) is 2. The first-order valence-electron chi connectivity index (χ1n) is 8.14. The van der Waals surface area contributed by atoms with Gasteiger partial charge in [0.15, 0.2) is 0 Å². The first-order valence-corrected chi connectivity index (χ1v) is 8.52. The van der Waals surface area contributed by atoms with E-state index in [1.807, 2.05) is 0 Å². The van der Waals surface area contributed by atoms with Gasteiger partial charge in [0.05, 0.1) is 30.4 Å². The van der Waals surface area contributed by atoms with Crippen molar-refractivity contribution in [2.75, 3.05) is 13.7 Å². The minimum atomic E-state index is -4.55. The highest BCUT2D eigenvalue weighted by molar-refractivity contribution is 6.34. The lowest BCUT2D eigenvalue weighted by molar-refractivity contribution is -0.137. The van der Waals surface area contributed by atoms with Gasteiger partial charge >= 0.3 is 12.1 Å². The molecule has 9 heteroatoms. The summed E-state index contributed by atoms with van der Waals surface area (Å²) in [5.41, 5.74) is 0.234. The van der Waals surface area contributed by atoms with Gasteiger partial charge in [0.1, 0.15) is 5.52 Å². The second kappa shape index (κ2) is 7.63. The molecule has 146 valence electrons. The lowest BCUT2D eigenvalue weighted by Gasteiger charge is -2.15. The number of alkyl halides is 3. The number of rotatable bonds is 4. The van der Waals surface area contributed by atoms with Crippen LogP contribution in [0.15, 0.2) is 36.5 Å². The van der Waals surface area contributed by atoms with E-state index >= 15 is 0 Å². The molecule has 0 atom stereocenters. The van der Waals surface area contributed by atoms with E-state index in [4.69, 9.17) is 21.1 Å². The van der Waals surface area contributed by atoms with Gasteiger partial charge in [-0.25, -0.2) is 9.78 Å². The molecule has 28 heavy (non-hydrogen) atoms. The van der Waals surface area contributed by atoms with E-state index in [-0.39, 0.29) is 39.7 Å². The summed E-state index contributed by atoms with van der Waals surface area (Å²) >= 11 is 6.17. The van der Waals surface area contributed by atoms with Crippen molar-refractivity contribution in [1.82, 2.24) is 9.97 Å². The van der Waals surface area contributed by atoms with Crippen molar-refractivity contribution in [1.29, 1.82) is 0 Å². The zero-order valence-electron chi connectivity index (χ0n) is 14.8. The van der Waals surface area contributed by atoms with Crippen LogP contribution in [0.25, 0.3) is 22.2 Å². The summed E-state index contributed by atoms with van der Waals surface area (Å²) in [7, 11) is 1.42. The smallest absolute Gasteiger partial charge is 0.416 e. The zero-order valence-corrected chi connectivity index (χ0v) is 15.6. The molecule has 0 fully saturated rings. The van der Waals surface area contributed by atoms with Crippen LogP contribution in [-0.2, 0) is 10.9 Å². The Labute approximate surface area is 163 Å². The minimum Gasteiger partial charge on any atom is -0.481 e. The molecule has 0 aliphatic rings. The fraction of sp³-hybridized carbons (Fsp3) is 0.211. The molecule has 0 aliphatic carbocycles. The lowest BCUT2D eigenvalue weighted by atomic mass is 9.98. The Morgan fingerprint density at radius 2 is 1.96 bits per heavy atom. The highest BCUT2D eigenvalue weighted by Gasteiger charge is 2.31. The lowest BCUT2D eigenvalue weighted by Crippen LogP contribution is -2.09. The van der Waals surface area contributed by atoms with Gasteiger partial charge in [-0.2, -0.15) is 13.2 Å². The highest BCUT2D eigenvalue weighted by atomic mass is 35.5. The number of carbonyl (C=O) groups is 1. The molecule has 2 aromatic heterocycles. The first-order chi connectivity index (χ1) is 13.3. The molecule has 1 aromatic carbocycles. The monoisotopic (exact) mass is 410 g/mol. The Kier molecular flexibility index (Phi) is 5.42. The minimum absolute atomic E-state index is 0.0387. The molecule has 0 unspecified atom stereocenters. The van der Waals surface area contributed by atoms with Crippen LogP contribution in [-0.4, -0.2) is 29.7 Å². The number of benzene rings is 1. The van der Waals surface area contributed by atoms with E-state index < -0.39 is 17.7 Å². The van der Waals surface area contributed by atoms with Crippen LogP contribution in [0.4, 0.5) is 13.2 Å². The molecule has 0 radical (unpaired) electrons. The van der Waals surface area contributed by atoms with Crippen molar-refractivity contribution in [2.45, 2.75) is 13.1 Å². The summed E-state index contributed by atoms with van der Waals surface area (Å²) in [6.07, 6.45) is -3.26. The van der Waals surface area contributed by atoms with Crippen molar-refractivity contribution in [2.24, 2.45) is 0 Å². The second-order valence-electron chi connectivity index (χ2n) is 5.68. The van der Waals surface area contributed by atoms with Crippen molar-refractivity contribution in [3.63, 3.8) is 0 Å². The van der Waals surface area contributed by atoms with Gasteiger partial charge in [0.2, 0.25) is 5.88 Å². The van der Waals surface area contributed by atoms with Gasteiger partial charge in [0.25, 0.3) is 0 Å². The van der Waals surface area contributed by atoms with Gasteiger partial charge in [-0.05, 0) is 25.1 Å². The van der Waals surface area contributed by atoms with Crippen molar-refractivity contribution < 1.29 is 27.4 Å². The fourth-order valence-corrected chi connectivity index (χ4v) is 2.97. The number of esters is 1. The third-order valence-electron chi connectivity index (χ3n) is 3.96. The van der Waals surface area contributed by atoms with E-state index in [1.165, 1.54) is 19.4 Å². The first kappa shape index (κ1) is 19.9. The van der Waals surface area contributed by atoms with Crippen molar-refractivity contribution in [3.8, 4) is 17.0 Å². The van der Waals surface area contributed by atoms with Crippen LogP contribution in [0.5, 0.6) is 5.88 Å². The molecule has 0 N–H and O–H groups in total. The van der Waals surface area contributed by atoms with E-state index in [9.17, 15) is 18.0 Å². The fourth-order valence-electron chi connectivity index (χ4n) is 2.69. The van der Waals surface area contributed by atoms with E-state index in [0.717, 1.165) is 12.1 Å².